The number of carbonyl (C=O) groups is 3. The maximum absolute atomic E-state index is 13.3. The van der Waals surface area contributed by atoms with Crippen LogP contribution in [0.15, 0.2) is 59.3 Å². The van der Waals surface area contributed by atoms with E-state index < -0.39 is 23.5 Å². The molecule has 12 heteroatoms. The molecule has 4 N–H and O–H groups in total. The summed E-state index contributed by atoms with van der Waals surface area (Å²) in [6, 6.07) is 10.4. The second-order valence-electron chi connectivity index (χ2n) is 9.00. The molecule has 0 fully saturated rings. The maximum atomic E-state index is 13.3. The van der Waals surface area contributed by atoms with E-state index in [1.807, 2.05) is 19.0 Å². The monoisotopic (exact) mass is 534 g/mol. The van der Waals surface area contributed by atoms with Crippen molar-refractivity contribution in [3.05, 3.63) is 89.0 Å². The van der Waals surface area contributed by atoms with Gasteiger partial charge in [-0.05, 0) is 74.9 Å². The van der Waals surface area contributed by atoms with E-state index in [4.69, 9.17) is 4.42 Å². The van der Waals surface area contributed by atoms with Crippen molar-refractivity contribution >= 4 is 28.6 Å². The van der Waals surface area contributed by atoms with Crippen LogP contribution in [0.1, 0.15) is 49.1 Å². The fourth-order valence-corrected chi connectivity index (χ4v) is 3.80. The highest BCUT2D eigenvalue weighted by molar-refractivity contribution is 6.10. The number of rotatable bonds is 9. The van der Waals surface area contributed by atoms with Crippen LogP contribution in [0.4, 0.5) is 4.39 Å². The molecule has 0 aliphatic heterocycles. The first-order valence-corrected chi connectivity index (χ1v) is 12.1. The number of pyridine rings is 2. The number of amides is 3. The van der Waals surface area contributed by atoms with E-state index in [0.29, 0.717) is 24.9 Å². The SMILES string of the molecule is CN(C)CCCNC(=O)c1nc(C(=O)NNC(=O)c2ccco2)c2cc(Cc3ccc(F)cc3)cnc2c1O. The first-order valence-electron chi connectivity index (χ1n) is 12.1. The van der Waals surface area contributed by atoms with Crippen LogP contribution in [0, 0.1) is 5.82 Å². The zero-order valence-corrected chi connectivity index (χ0v) is 21.3. The Balaban J connectivity index is 1.66. The third-order valence-corrected chi connectivity index (χ3v) is 5.73. The Hall–Kier alpha value is -4.84. The summed E-state index contributed by atoms with van der Waals surface area (Å²) in [5, 5.41) is 13.7. The lowest BCUT2D eigenvalue weighted by Crippen LogP contribution is -2.42. The van der Waals surface area contributed by atoms with E-state index in [9.17, 15) is 23.9 Å². The smallest absolute Gasteiger partial charge is 0.305 e. The predicted molar refractivity (Wildman–Crippen MR) is 140 cm³/mol. The van der Waals surface area contributed by atoms with Gasteiger partial charge in [0, 0.05) is 18.1 Å². The molecule has 0 bridgehead atoms. The number of carbonyl (C=O) groups excluding carboxylic acids is 3. The van der Waals surface area contributed by atoms with Crippen LogP contribution in [0.3, 0.4) is 0 Å². The maximum Gasteiger partial charge on any atom is 0.305 e. The molecule has 0 atom stereocenters. The Morgan fingerprint density at radius 2 is 1.74 bits per heavy atom. The van der Waals surface area contributed by atoms with Crippen molar-refractivity contribution < 1.29 is 28.3 Å². The lowest BCUT2D eigenvalue weighted by atomic mass is 10.0. The highest BCUT2D eigenvalue weighted by Crippen LogP contribution is 2.29. The molecule has 0 spiro atoms. The number of hydrazine groups is 1. The molecule has 3 amide bonds. The van der Waals surface area contributed by atoms with Gasteiger partial charge in [0.15, 0.2) is 17.2 Å². The molecule has 1 aromatic carbocycles. The lowest BCUT2D eigenvalue weighted by molar-refractivity contribution is 0.0828. The summed E-state index contributed by atoms with van der Waals surface area (Å²) in [5.74, 6) is -3.11. The second-order valence-corrected chi connectivity index (χ2v) is 9.00. The van der Waals surface area contributed by atoms with Crippen molar-refractivity contribution in [2.45, 2.75) is 12.8 Å². The molecule has 4 aromatic rings. The lowest BCUT2D eigenvalue weighted by Gasteiger charge is -2.14. The summed E-state index contributed by atoms with van der Waals surface area (Å²) in [6.07, 6.45) is 3.81. The highest BCUT2D eigenvalue weighted by Gasteiger charge is 2.24. The molecule has 4 rings (SSSR count). The summed E-state index contributed by atoms with van der Waals surface area (Å²) in [5.41, 5.74) is 5.28. The number of aromatic nitrogens is 2. The molecule has 0 aliphatic rings. The van der Waals surface area contributed by atoms with E-state index >= 15 is 0 Å². The Morgan fingerprint density at radius 3 is 2.44 bits per heavy atom. The standard InChI is InChI=1S/C27H27FN6O5/c1-34(2)11-4-10-29-26(37)23-24(35)21-19(14-17(15-30-21)13-16-6-8-18(28)9-7-16)22(31-23)27(38)33-32-25(36)20-5-3-12-39-20/h3,5-9,12,14-15,35H,4,10-11,13H2,1-2H3,(H,29,37)(H,32,36)(H,33,38). The number of hydrogen-bond acceptors (Lipinski definition) is 8. The average molecular weight is 535 g/mol. The van der Waals surface area contributed by atoms with Crippen molar-refractivity contribution in [2.75, 3.05) is 27.2 Å². The Morgan fingerprint density at radius 1 is 1.00 bits per heavy atom. The Kier molecular flexibility index (Phi) is 8.46. The molecule has 0 saturated carbocycles. The molecule has 3 heterocycles. The minimum absolute atomic E-state index is 0.0196. The Bertz CT molecular complexity index is 1490. The minimum atomic E-state index is -0.845. The second kappa shape index (κ2) is 12.1. The quantitative estimate of drug-likeness (QED) is 0.189. The van der Waals surface area contributed by atoms with Crippen LogP contribution in [0.25, 0.3) is 10.9 Å². The Labute approximate surface area is 223 Å². The number of fused-ring (bicyclic) bond motifs is 1. The van der Waals surface area contributed by atoms with Gasteiger partial charge in [-0.25, -0.2) is 9.37 Å². The molecular formula is C27H27FN6O5. The fraction of sp³-hybridized carbons (Fsp3) is 0.222. The summed E-state index contributed by atoms with van der Waals surface area (Å²) in [6.45, 7) is 1.06. The average Bonchev–Trinajstić information content (AvgIpc) is 3.46. The third-order valence-electron chi connectivity index (χ3n) is 5.73. The number of nitrogens with zero attached hydrogens (tertiary/aromatic N) is 3. The molecule has 3 aromatic heterocycles. The summed E-state index contributed by atoms with van der Waals surface area (Å²) >= 11 is 0. The zero-order chi connectivity index (χ0) is 27.9. The van der Waals surface area contributed by atoms with Crippen molar-refractivity contribution in [2.24, 2.45) is 0 Å². The number of nitrogens with one attached hydrogen (secondary N) is 3. The van der Waals surface area contributed by atoms with Gasteiger partial charge in [-0.1, -0.05) is 12.1 Å². The molecule has 0 saturated heterocycles. The van der Waals surface area contributed by atoms with Gasteiger partial charge < -0.3 is 19.7 Å². The largest absolute Gasteiger partial charge is 0.504 e. The van der Waals surface area contributed by atoms with Gasteiger partial charge >= 0.3 is 5.91 Å². The van der Waals surface area contributed by atoms with E-state index in [1.165, 1.54) is 36.7 Å². The number of hydrogen-bond donors (Lipinski definition) is 4. The molecule has 0 aliphatic carbocycles. The summed E-state index contributed by atoms with van der Waals surface area (Å²) in [4.78, 5) is 48.7. The third kappa shape index (κ3) is 6.73. The van der Waals surface area contributed by atoms with Crippen LogP contribution < -0.4 is 16.2 Å². The summed E-state index contributed by atoms with van der Waals surface area (Å²) < 4.78 is 18.3. The van der Waals surface area contributed by atoms with Crippen molar-refractivity contribution in [1.29, 1.82) is 0 Å². The topological polar surface area (TPSA) is 150 Å². The van der Waals surface area contributed by atoms with Crippen LogP contribution >= 0.6 is 0 Å². The normalized spacial score (nSPS) is 11.0. The van der Waals surface area contributed by atoms with Crippen LogP contribution in [-0.2, 0) is 6.42 Å². The van der Waals surface area contributed by atoms with Gasteiger partial charge in [-0.2, -0.15) is 0 Å². The van der Waals surface area contributed by atoms with Gasteiger partial charge in [0.1, 0.15) is 17.0 Å². The predicted octanol–water partition coefficient (Wildman–Crippen LogP) is 2.41. The van der Waals surface area contributed by atoms with Crippen molar-refractivity contribution in [3.63, 3.8) is 0 Å². The van der Waals surface area contributed by atoms with Gasteiger partial charge in [0.05, 0.1) is 6.26 Å². The molecule has 0 unspecified atom stereocenters. The van der Waals surface area contributed by atoms with E-state index in [2.05, 4.69) is 26.1 Å². The van der Waals surface area contributed by atoms with Gasteiger partial charge in [-0.3, -0.25) is 30.2 Å². The van der Waals surface area contributed by atoms with Crippen molar-refractivity contribution in [3.8, 4) is 5.75 Å². The molecular weight excluding hydrogens is 507 g/mol. The molecule has 202 valence electrons. The van der Waals surface area contributed by atoms with Crippen LogP contribution in [0.5, 0.6) is 5.75 Å². The highest BCUT2D eigenvalue weighted by atomic mass is 19.1. The number of halogens is 1. The van der Waals surface area contributed by atoms with E-state index in [1.54, 1.807) is 18.2 Å². The van der Waals surface area contributed by atoms with Gasteiger partial charge in [-0.15, -0.1) is 0 Å². The van der Waals surface area contributed by atoms with Gasteiger partial charge in [0.2, 0.25) is 0 Å². The number of benzene rings is 1. The van der Waals surface area contributed by atoms with Crippen LogP contribution in [-0.4, -0.2) is 64.9 Å². The van der Waals surface area contributed by atoms with Gasteiger partial charge in [0.25, 0.3) is 11.8 Å². The molecule has 11 nitrogen and oxygen atoms in total. The van der Waals surface area contributed by atoms with Crippen LogP contribution in [0.2, 0.25) is 0 Å². The van der Waals surface area contributed by atoms with E-state index in [-0.39, 0.29) is 33.9 Å². The number of aromatic hydroxyl groups is 1. The zero-order valence-electron chi connectivity index (χ0n) is 21.3. The molecule has 0 radical (unpaired) electrons. The van der Waals surface area contributed by atoms with Crippen molar-refractivity contribution in [1.82, 2.24) is 31.0 Å². The summed E-state index contributed by atoms with van der Waals surface area (Å²) in [7, 11) is 3.81. The molecule has 39 heavy (non-hydrogen) atoms. The fourth-order valence-electron chi connectivity index (χ4n) is 3.80. The minimum Gasteiger partial charge on any atom is -0.504 e. The van der Waals surface area contributed by atoms with E-state index in [0.717, 1.165) is 12.1 Å². The first kappa shape index (κ1) is 27.2. The number of furan rings is 1. The first-order chi connectivity index (χ1) is 18.7.